The Morgan fingerprint density at radius 3 is 2.59 bits per heavy atom. The lowest BCUT2D eigenvalue weighted by atomic mass is 10.1. The molecular weight excluding hydrogens is 416 g/mol. The number of fused-ring (bicyclic) bond motifs is 3. The Morgan fingerprint density at radius 2 is 1.86 bits per heavy atom. The van der Waals surface area contributed by atoms with Gasteiger partial charge >= 0.3 is 0 Å². The molecule has 0 amide bonds. The summed E-state index contributed by atoms with van der Waals surface area (Å²) in [4.78, 5) is 18.0. The molecule has 29 heavy (non-hydrogen) atoms. The van der Waals surface area contributed by atoms with E-state index in [2.05, 4.69) is 15.2 Å². The third-order valence-electron chi connectivity index (χ3n) is 4.72. The summed E-state index contributed by atoms with van der Waals surface area (Å²) in [5, 5.41) is 9.20. The van der Waals surface area contributed by atoms with E-state index in [1.165, 1.54) is 22.9 Å². The van der Waals surface area contributed by atoms with Crippen LogP contribution in [0.25, 0.3) is 38.9 Å². The van der Waals surface area contributed by atoms with E-state index < -0.39 is 5.82 Å². The summed E-state index contributed by atoms with van der Waals surface area (Å²) in [6.45, 7) is 0. The summed E-state index contributed by atoms with van der Waals surface area (Å²) in [5.41, 5.74) is 2.14. The van der Waals surface area contributed by atoms with E-state index >= 15 is 0 Å². The minimum atomic E-state index is -0.445. The molecule has 5 rings (SSSR count). The van der Waals surface area contributed by atoms with Crippen molar-refractivity contribution in [1.82, 2.24) is 24.5 Å². The molecule has 0 aliphatic rings. The Labute approximate surface area is 173 Å². The molecule has 0 radical (unpaired) electrons. The Kier molecular flexibility index (Phi) is 3.97. The largest absolute Gasteiger partial charge is 0.289 e. The maximum Gasteiger partial charge on any atom is 0.281 e. The molecule has 2 aromatic carbocycles. The minimum Gasteiger partial charge on any atom is -0.289 e. The number of nitrogens with zero attached hydrogens (tertiary/aromatic N) is 4. The number of hydrogen-bond acceptors (Lipinski definition) is 3. The molecular formula is C20H12Cl2FN5O. The number of aromatic amines is 1. The van der Waals surface area contributed by atoms with E-state index in [1.807, 2.05) is 0 Å². The van der Waals surface area contributed by atoms with Crippen molar-refractivity contribution in [2.75, 3.05) is 0 Å². The van der Waals surface area contributed by atoms with E-state index in [9.17, 15) is 9.18 Å². The SMILES string of the molecule is Cn1ncc2c3[nH]n(-c4cccc(F)c4)c(=O)c3c(-c3cc(Cl)cc(Cl)c3)nc21. The van der Waals surface area contributed by atoms with E-state index in [1.54, 1.807) is 42.2 Å². The molecule has 0 saturated heterocycles. The number of benzene rings is 2. The van der Waals surface area contributed by atoms with E-state index in [-0.39, 0.29) is 5.56 Å². The first-order valence-electron chi connectivity index (χ1n) is 8.61. The van der Waals surface area contributed by atoms with Gasteiger partial charge in [-0.2, -0.15) is 5.10 Å². The van der Waals surface area contributed by atoms with Gasteiger partial charge < -0.3 is 0 Å². The van der Waals surface area contributed by atoms with Crippen LogP contribution in [0.4, 0.5) is 4.39 Å². The second kappa shape index (κ2) is 6.43. The van der Waals surface area contributed by atoms with Crippen LogP contribution >= 0.6 is 23.2 Å². The average molecular weight is 428 g/mol. The second-order valence-corrected chi connectivity index (χ2v) is 7.48. The zero-order chi connectivity index (χ0) is 20.3. The average Bonchev–Trinajstić information content (AvgIpc) is 3.21. The van der Waals surface area contributed by atoms with E-state index in [0.29, 0.717) is 48.9 Å². The molecule has 3 heterocycles. The second-order valence-electron chi connectivity index (χ2n) is 6.61. The molecule has 0 aliphatic carbocycles. The van der Waals surface area contributed by atoms with Gasteiger partial charge in [-0.05, 0) is 36.4 Å². The van der Waals surface area contributed by atoms with E-state index in [4.69, 9.17) is 23.2 Å². The topological polar surface area (TPSA) is 68.5 Å². The predicted octanol–water partition coefficient (Wildman–Crippen LogP) is 4.71. The third kappa shape index (κ3) is 2.82. The maximum atomic E-state index is 13.7. The Balaban J connectivity index is 1.94. The van der Waals surface area contributed by atoms with Gasteiger partial charge in [0.2, 0.25) is 0 Å². The van der Waals surface area contributed by atoms with Crippen molar-refractivity contribution in [2.45, 2.75) is 0 Å². The van der Waals surface area contributed by atoms with Gasteiger partial charge in [-0.3, -0.25) is 14.6 Å². The number of nitrogens with one attached hydrogen (secondary N) is 1. The van der Waals surface area contributed by atoms with Gasteiger partial charge in [0.15, 0.2) is 5.65 Å². The van der Waals surface area contributed by atoms with Crippen LogP contribution in [0.2, 0.25) is 10.0 Å². The van der Waals surface area contributed by atoms with Crippen molar-refractivity contribution in [2.24, 2.45) is 7.05 Å². The molecule has 6 nitrogen and oxygen atoms in total. The van der Waals surface area contributed by atoms with Gasteiger partial charge in [0.1, 0.15) is 5.82 Å². The Bertz CT molecular complexity index is 1460. The van der Waals surface area contributed by atoms with Gasteiger partial charge in [0, 0.05) is 22.7 Å². The molecule has 5 aromatic rings. The number of aryl methyl sites for hydroxylation is 1. The van der Waals surface area contributed by atoms with Crippen molar-refractivity contribution in [3.63, 3.8) is 0 Å². The van der Waals surface area contributed by atoms with Gasteiger partial charge in [-0.1, -0.05) is 29.3 Å². The molecule has 3 aromatic heterocycles. The van der Waals surface area contributed by atoms with Crippen molar-refractivity contribution >= 4 is 45.1 Å². The molecule has 0 bridgehead atoms. The van der Waals surface area contributed by atoms with Gasteiger partial charge in [-0.15, -0.1) is 0 Å². The number of pyridine rings is 1. The Hall–Kier alpha value is -3.16. The highest BCUT2D eigenvalue weighted by atomic mass is 35.5. The number of H-pyrrole nitrogens is 1. The lowest BCUT2D eigenvalue weighted by Crippen LogP contribution is -2.15. The summed E-state index contributed by atoms with van der Waals surface area (Å²) >= 11 is 12.4. The minimum absolute atomic E-state index is 0.341. The molecule has 0 unspecified atom stereocenters. The lowest BCUT2D eigenvalue weighted by molar-refractivity contribution is 0.625. The lowest BCUT2D eigenvalue weighted by Gasteiger charge is -2.05. The molecule has 0 spiro atoms. The first-order chi connectivity index (χ1) is 13.9. The molecule has 0 fully saturated rings. The van der Waals surface area contributed by atoms with Gasteiger partial charge in [0.05, 0.1) is 33.9 Å². The summed E-state index contributed by atoms with van der Waals surface area (Å²) in [6, 6.07) is 10.8. The van der Waals surface area contributed by atoms with Crippen LogP contribution in [-0.2, 0) is 7.05 Å². The summed E-state index contributed by atoms with van der Waals surface area (Å²) in [6.07, 6.45) is 1.63. The van der Waals surface area contributed by atoms with Gasteiger partial charge in [-0.25, -0.2) is 14.1 Å². The first kappa shape index (κ1) is 17.9. The molecule has 0 aliphatic heterocycles. The van der Waals surface area contributed by atoms with Crippen LogP contribution in [0.1, 0.15) is 0 Å². The normalized spacial score (nSPS) is 11.6. The fraction of sp³-hybridized carbons (Fsp3) is 0.0500. The molecule has 0 atom stereocenters. The van der Waals surface area contributed by atoms with Crippen LogP contribution < -0.4 is 5.56 Å². The first-order valence-corrected chi connectivity index (χ1v) is 9.37. The Morgan fingerprint density at radius 1 is 1.10 bits per heavy atom. The van der Waals surface area contributed by atoms with Crippen molar-refractivity contribution in [3.05, 3.63) is 74.9 Å². The van der Waals surface area contributed by atoms with Crippen LogP contribution in [0.15, 0.2) is 53.5 Å². The predicted molar refractivity (Wildman–Crippen MR) is 111 cm³/mol. The van der Waals surface area contributed by atoms with Crippen molar-refractivity contribution < 1.29 is 4.39 Å². The van der Waals surface area contributed by atoms with Crippen molar-refractivity contribution in [3.8, 4) is 16.9 Å². The van der Waals surface area contributed by atoms with Crippen molar-refractivity contribution in [1.29, 1.82) is 0 Å². The zero-order valence-corrected chi connectivity index (χ0v) is 16.5. The summed E-state index contributed by atoms with van der Waals surface area (Å²) in [5.74, 6) is -0.445. The summed E-state index contributed by atoms with van der Waals surface area (Å²) in [7, 11) is 1.76. The summed E-state index contributed by atoms with van der Waals surface area (Å²) < 4.78 is 16.6. The number of hydrogen-bond donors (Lipinski definition) is 1. The smallest absolute Gasteiger partial charge is 0.281 e. The fourth-order valence-corrected chi connectivity index (χ4v) is 3.98. The molecule has 0 saturated carbocycles. The maximum absolute atomic E-state index is 13.7. The molecule has 1 N–H and O–H groups in total. The van der Waals surface area contributed by atoms with Crippen LogP contribution in [0.3, 0.4) is 0 Å². The van der Waals surface area contributed by atoms with Gasteiger partial charge in [0.25, 0.3) is 5.56 Å². The zero-order valence-electron chi connectivity index (χ0n) is 14.9. The highest BCUT2D eigenvalue weighted by Gasteiger charge is 2.20. The van der Waals surface area contributed by atoms with E-state index in [0.717, 1.165) is 0 Å². The third-order valence-corrected chi connectivity index (χ3v) is 5.16. The monoisotopic (exact) mass is 427 g/mol. The fourth-order valence-electron chi connectivity index (χ4n) is 3.45. The number of halogens is 3. The highest BCUT2D eigenvalue weighted by molar-refractivity contribution is 6.35. The molecule has 144 valence electrons. The highest BCUT2D eigenvalue weighted by Crippen LogP contribution is 2.33. The number of rotatable bonds is 2. The standard InChI is InChI=1S/C20H12Cl2FN5O/c1-27-19-15(9-24-27)18-16(17(25-19)10-5-11(21)7-12(22)6-10)20(29)28(26-18)14-4-2-3-13(23)8-14/h2-9,26H,1H3. The van der Waals surface area contributed by atoms with Crippen LogP contribution in [0.5, 0.6) is 0 Å². The van der Waals surface area contributed by atoms with Crippen LogP contribution in [0, 0.1) is 5.82 Å². The van der Waals surface area contributed by atoms with Crippen LogP contribution in [-0.4, -0.2) is 24.5 Å². The molecule has 9 heteroatoms. The quantitative estimate of drug-likeness (QED) is 0.443. The number of aromatic nitrogens is 5.